The van der Waals surface area contributed by atoms with Crippen molar-refractivity contribution in [1.29, 1.82) is 0 Å². The molecule has 1 unspecified atom stereocenters. The highest BCUT2D eigenvalue weighted by Gasteiger charge is 2.30. The summed E-state index contributed by atoms with van der Waals surface area (Å²) in [6, 6.07) is 6.83. The third kappa shape index (κ3) is 3.31. The maximum absolute atomic E-state index is 12.0. The maximum atomic E-state index is 12.0. The van der Waals surface area contributed by atoms with Gasteiger partial charge in [0.15, 0.2) is 0 Å². The van der Waals surface area contributed by atoms with Gasteiger partial charge in [0.1, 0.15) is 0 Å². The number of hydrogen-bond acceptors (Lipinski definition) is 3. The van der Waals surface area contributed by atoms with Crippen LogP contribution in [0.4, 0.5) is 0 Å². The van der Waals surface area contributed by atoms with Crippen molar-refractivity contribution < 1.29 is 13.5 Å². The summed E-state index contributed by atoms with van der Waals surface area (Å²) in [5.74, 6) is 0.273. The second-order valence-electron chi connectivity index (χ2n) is 4.75. The maximum Gasteiger partial charge on any atom is 0.240 e. The number of aliphatic hydroxyl groups excluding tert-OH is 1. The molecule has 1 saturated carbocycles. The van der Waals surface area contributed by atoms with Crippen molar-refractivity contribution in [2.75, 3.05) is 6.54 Å². The van der Waals surface area contributed by atoms with E-state index < -0.39 is 16.1 Å². The predicted octanol–water partition coefficient (Wildman–Crippen LogP) is 1.30. The molecule has 0 saturated heterocycles. The number of aryl methyl sites for hydroxylation is 1. The smallest absolute Gasteiger partial charge is 0.240 e. The van der Waals surface area contributed by atoms with Crippen LogP contribution < -0.4 is 4.72 Å². The van der Waals surface area contributed by atoms with Gasteiger partial charge < -0.3 is 5.11 Å². The molecule has 1 aromatic carbocycles. The Hall–Kier alpha value is -0.910. The van der Waals surface area contributed by atoms with Crippen LogP contribution in [-0.2, 0) is 16.4 Å². The molecule has 1 atom stereocenters. The first-order chi connectivity index (χ1) is 8.53. The summed E-state index contributed by atoms with van der Waals surface area (Å²) in [5, 5.41) is 9.65. The zero-order chi connectivity index (χ0) is 13.2. The van der Waals surface area contributed by atoms with Crippen molar-refractivity contribution in [2.24, 2.45) is 5.92 Å². The molecule has 1 fully saturated rings. The minimum atomic E-state index is -3.50. The molecule has 1 aliphatic carbocycles. The summed E-state index contributed by atoms with van der Waals surface area (Å²) in [5.41, 5.74) is 1.10. The molecular formula is C13H19NO3S. The standard InChI is InChI=1S/C13H19NO3S/c1-2-10-3-7-12(8-4-10)18(16,17)14-9-13(15)11-5-6-11/h3-4,7-8,11,13-15H,2,5-6,9H2,1H3. The Balaban J connectivity index is 1.99. The van der Waals surface area contributed by atoms with Gasteiger partial charge >= 0.3 is 0 Å². The van der Waals surface area contributed by atoms with Gasteiger partial charge in [-0.3, -0.25) is 0 Å². The summed E-state index contributed by atoms with van der Waals surface area (Å²) < 4.78 is 26.4. The molecule has 0 radical (unpaired) electrons. The number of nitrogens with one attached hydrogen (secondary N) is 1. The van der Waals surface area contributed by atoms with E-state index in [1.807, 2.05) is 19.1 Å². The lowest BCUT2D eigenvalue weighted by Crippen LogP contribution is -2.33. The lowest BCUT2D eigenvalue weighted by atomic mass is 10.2. The molecule has 5 heteroatoms. The molecule has 4 nitrogen and oxygen atoms in total. The summed E-state index contributed by atoms with van der Waals surface area (Å²) in [6.07, 6.45) is 2.31. The lowest BCUT2D eigenvalue weighted by molar-refractivity contribution is 0.155. The number of aliphatic hydroxyl groups is 1. The van der Waals surface area contributed by atoms with Crippen molar-refractivity contribution in [2.45, 2.75) is 37.2 Å². The van der Waals surface area contributed by atoms with E-state index in [4.69, 9.17) is 0 Å². The third-order valence-electron chi connectivity index (χ3n) is 3.29. The fraction of sp³-hybridized carbons (Fsp3) is 0.538. The van der Waals surface area contributed by atoms with Crippen LogP contribution in [0.5, 0.6) is 0 Å². The highest BCUT2D eigenvalue weighted by molar-refractivity contribution is 7.89. The fourth-order valence-electron chi connectivity index (χ4n) is 1.83. The molecule has 0 heterocycles. The van der Waals surface area contributed by atoms with Crippen molar-refractivity contribution in [3.05, 3.63) is 29.8 Å². The van der Waals surface area contributed by atoms with Crippen LogP contribution in [0.15, 0.2) is 29.2 Å². The van der Waals surface area contributed by atoms with Gasteiger partial charge in [-0.15, -0.1) is 0 Å². The average molecular weight is 269 g/mol. The first-order valence-corrected chi connectivity index (χ1v) is 7.78. The summed E-state index contributed by atoms with van der Waals surface area (Å²) in [4.78, 5) is 0.252. The molecule has 100 valence electrons. The Labute approximate surface area is 108 Å². The Bertz CT molecular complexity index is 491. The molecule has 1 aromatic rings. The quantitative estimate of drug-likeness (QED) is 0.818. The SMILES string of the molecule is CCc1ccc(S(=O)(=O)NCC(O)C2CC2)cc1. The molecule has 0 aliphatic heterocycles. The second-order valence-corrected chi connectivity index (χ2v) is 6.52. The first kappa shape index (κ1) is 13.5. The molecular weight excluding hydrogens is 250 g/mol. The zero-order valence-electron chi connectivity index (χ0n) is 10.5. The fourth-order valence-corrected chi connectivity index (χ4v) is 2.88. The van der Waals surface area contributed by atoms with Crippen molar-refractivity contribution >= 4 is 10.0 Å². The van der Waals surface area contributed by atoms with Crippen LogP contribution in [-0.4, -0.2) is 26.2 Å². The largest absolute Gasteiger partial charge is 0.391 e. The average Bonchev–Trinajstić information content (AvgIpc) is 3.20. The van der Waals surface area contributed by atoms with Crippen LogP contribution in [0, 0.1) is 5.92 Å². The first-order valence-electron chi connectivity index (χ1n) is 6.29. The van der Waals surface area contributed by atoms with Gasteiger partial charge in [0.2, 0.25) is 10.0 Å². The van der Waals surface area contributed by atoms with Gasteiger partial charge in [0.25, 0.3) is 0 Å². The molecule has 0 spiro atoms. The summed E-state index contributed by atoms with van der Waals surface area (Å²) in [7, 11) is -3.50. The summed E-state index contributed by atoms with van der Waals surface area (Å²) >= 11 is 0. The van der Waals surface area contributed by atoms with Crippen LogP contribution >= 0.6 is 0 Å². The van der Waals surface area contributed by atoms with Crippen molar-refractivity contribution in [3.63, 3.8) is 0 Å². The monoisotopic (exact) mass is 269 g/mol. The van der Waals surface area contributed by atoms with Gasteiger partial charge in [-0.25, -0.2) is 13.1 Å². The minimum absolute atomic E-state index is 0.0997. The van der Waals surface area contributed by atoms with Crippen LogP contribution in [0.3, 0.4) is 0 Å². The molecule has 0 amide bonds. The van der Waals surface area contributed by atoms with Crippen molar-refractivity contribution in [1.82, 2.24) is 4.72 Å². The van der Waals surface area contributed by atoms with E-state index in [2.05, 4.69) is 4.72 Å². The van der Waals surface area contributed by atoms with Gasteiger partial charge in [0, 0.05) is 6.54 Å². The Kier molecular flexibility index (Phi) is 4.04. The van der Waals surface area contributed by atoms with Gasteiger partial charge in [0.05, 0.1) is 11.0 Å². The zero-order valence-corrected chi connectivity index (χ0v) is 11.3. The van der Waals surface area contributed by atoms with Gasteiger partial charge in [-0.1, -0.05) is 19.1 Å². The highest BCUT2D eigenvalue weighted by Crippen LogP contribution is 2.32. The Morgan fingerprint density at radius 2 is 1.94 bits per heavy atom. The molecule has 1 aliphatic rings. The van der Waals surface area contributed by atoms with Crippen molar-refractivity contribution in [3.8, 4) is 0 Å². The van der Waals surface area contributed by atoms with E-state index in [-0.39, 0.29) is 17.4 Å². The Morgan fingerprint density at radius 3 is 2.44 bits per heavy atom. The predicted molar refractivity (Wildman–Crippen MR) is 69.7 cm³/mol. The van der Waals surface area contributed by atoms with Crippen LogP contribution in [0.25, 0.3) is 0 Å². The molecule has 18 heavy (non-hydrogen) atoms. The van der Waals surface area contributed by atoms with E-state index in [1.54, 1.807) is 12.1 Å². The van der Waals surface area contributed by atoms with E-state index in [0.29, 0.717) is 0 Å². The molecule has 2 rings (SSSR count). The van der Waals surface area contributed by atoms with E-state index in [1.165, 1.54) is 0 Å². The van der Waals surface area contributed by atoms with Gasteiger partial charge in [-0.05, 0) is 42.9 Å². The number of sulfonamides is 1. The number of benzene rings is 1. The highest BCUT2D eigenvalue weighted by atomic mass is 32.2. The molecule has 2 N–H and O–H groups in total. The van der Waals surface area contributed by atoms with E-state index in [9.17, 15) is 13.5 Å². The number of rotatable bonds is 6. The third-order valence-corrected chi connectivity index (χ3v) is 4.73. The molecule has 0 aromatic heterocycles. The minimum Gasteiger partial charge on any atom is -0.391 e. The van der Waals surface area contributed by atoms with E-state index in [0.717, 1.165) is 24.8 Å². The van der Waals surface area contributed by atoms with Crippen LogP contribution in [0.1, 0.15) is 25.3 Å². The summed E-state index contributed by atoms with van der Waals surface area (Å²) in [6.45, 7) is 2.12. The van der Waals surface area contributed by atoms with Gasteiger partial charge in [-0.2, -0.15) is 0 Å². The van der Waals surface area contributed by atoms with E-state index >= 15 is 0 Å². The second kappa shape index (κ2) is 5.38. The molecule has 0 bridgehead atoms. The lowest BCUT2D eigenvalue weighted by Gasteiger charge is -2.11. The normalized spacial score (nSPS) is 17.7. The number of hydrogen-bond donors (Lipinski definition) is 2. The Morgan fingerprint density at radius 1 is 1.33 bits per heavy atom. The topological polar surface area (TPSA) is 66.4 Å². The van der Waals surface area contributed by atoms with Crippen LogP contribution in [0.2, 0.25) is 0 Å².